The maximum atomic E-state index is 12.2. The fraction of sp³-hybridized carbons (Fsp3) is 0.105. The van der Waals surface area contributed by atoms with Gasteiger partial charge >= 0.3 is 0 Å². The smallest absolute Gasteiger partial charge is 0.257 e. The average Bonchev–Trinajstić information content (AvgIpc) is 3.08. The summed E-state index contributed by atoms with van der Waals surface area (Å²) >= 11 is 1.32. The molecule has 1 heterocycles. The predicted octanol–water partition coefficient (Wildman–Crippen LogP) is 4.28. The Kier molecular flexibility index (Phi) is 5.20. The second-order valence-corrected chi connectivity index (χ2v) is 6.38. The number of hydrogen-bond acceptors (Lipinski definition) is 5. The molecule has 0 aliphatic rings. The minimum absolute atomic E-state index is 0.193. The molecule has 0 atom stereocenters. The Morgan fingerprint density at radius 2 is 1.76 bits per heavy atom. The van der Waals surface area contributed by atoms with Crippen LogP contribution in [0.1, 0.15) is 26.5 Å². The number of rotatable bonds is 5. The normalized spacial score (nSPS) is 10.8. The first-order valence-corrected chi connectivity index (χ1v) is 8.49. The van der Waals surface area contributed by atoms with Crippen molar-refractivity contribution in [3.05, 3.63) is 70.2 Å². The van der Waals surface area contributed by atoms with Gasteiger partial charge in [0, 0.05) is 5.56 Å². The van der Waals surface area contributed by atoms with Crippen LogP contribution in [-0.2, 0) is 0 Å². The van der Waals surface area contributed by atoms with E-state index < -0.39 is 0 Å². The van der Waals surface area contributed by atoms with Crippen LogP contribution in [0.15, 0.2) is 48.5 Å². The zero-order valence-corrected chi connectivity index (χ0v) is 14.7. The standard InChI is InChI=1S/C19H17N3O2S/c1-13-3-8-15(9-4-13)18(23)20-19-22-21-17(25-19)12-7-14-5-10-16(24-2)11-6-14/h3-12H,1-2H3,(H,20,22,23). The van der Waals surface area contributed by atoms with E-state index in [2.05, 4.69) is 15.5 Å². The number of hydrogen-bond donors (Lipinski definition) is 1. The number of ether oxygens (including phenoxy) is 1. The van der Waals surface area contributed by atoms with Gasteiger partial charge in [-0.1, -0.05) is 47.2 Å². The van der Waals surface area contributed by atoms with Crippen LogP contribution in [0.4, 0.5) is 5.13 Å². The fourth-order valence-corrected chi connectivity index (χ4v) is 2.75. The van der Waals surface area contributed by atoms with E-state index in [4.69, 9.17) is 4.74 Å². The van der Waals surface area contributed by atoms with Crippen LogP contribution in [0.5, 0.6) is 5.75 Å². The Balaban J connectivity index is 1.64. The molecule has 1 aromatic heterocycles. The highest BCUT2D eigenvalue weighted by molar-refractivity contribution is 7.16. The molecule has 3 rings (SSSR count). The number of methoxy groups -OCH3 is 1. The summed E-state index contributed by atoms with van der Waals surface area (Å²) in [7, 11) is 1.64. The van der Waals surface area contributed by atoms with Gasteiger partial charge in [0.1, 0.15) is 10.8 Å². The van der Waals surface area contributed by atoms with Gasteiger partial charge in [-0.2, -0.15) is 0 Å². The molecule has 0 aliphatic heterocycles. The van der Waals surface area contributed by atoms with Crippen molar-refractivity contribution in [2.75, 3.05) is 12.4 Å². The van der Waals surface area contributed by atoms with Crippen LogP contribution in [0.3, 0.4) is 0 Å². The molecule has 25 heavy (non-hydrogen) atoms. The predicted molar refractivity (Wildman–Crippen MR) is 101 cm³/mol. The summed E-state index contributed by atoms with van der Waals surface area (Å²) in [6, 6.07) is 15.1. The van der Waals surface area contributed by atoms with Crippen molar-refractivity contribution >= 4 is 34.5 Å². The molecule has 6 heteroatoms. The lowest BCUT2D eigenvalue weighted by Crippen LogP contribution is -2.11. The largest absolute Gasteiger partial charge is 0.497 e. The van der Waals surface area contributed by atoms with Crippen LogP contribution in [0.25, 0.3) is 12.2 Å². The van der Waals surface area contributed by atoms with E-state index in [1.807, 2.05) is 55.5 Å². The summed E-state index contributed by atoms with van der Waals surface area (Å²) in [5.41, 5.74) is 2.73. The number of nitrogens with one attached hydrogen (secondary N) is 1. The number of carbonyl (C=O) groups is 1. The highest BCUT2D eigenvalue weighted by Gasteiger charge is 2.09. The van der Waals surface area contributed by atoms with Crippen molar-refractivity contribution in [3.8, 4) is 5.75 Å². The SMILES string of the molecule is COc1ccc(C=Cc2nnc(NC(=O)c3ccc(C)cc3)s2)cc1. The van der Waals surface area contributed by atoms with Crippen molar-refractivity contribution < 1.29 is 9.53 Å². The Morgan fingerprint density at radius 3 is 2.44 bits per heavy atom. The number of amides is 1. The van der Waals surface area contributed by atoms with Crippen LogP contribution in [0, 0.1) is 6.92 Å². The van der Waals surface area contributed by atoms with Crippen LogP contribution in [0.2, 0.25) is 0 Å². The molecule has 0 unspecified atom stereocenters. The number of nitrogens with zero attached hydrogens (tertiary/aromatic N) is 2. The van der Waals surface area contributed by atoms with Crippen molar-refractivity contribution in [2.24, 2.45) is 0 Å². The number of anilines is 1. The molecule has 0 bridgehead atoms. The van der Waals surface area contributed by atoms with Gasteiger partial charge in [0.15, 0.2) is 0 Å². The summed E-state index contributed by atoms with van der Waals surface area (Å²) in [5, 5.41) is 12.0. The Bertz CT molecular complexity index is 884. The third-order valence-electron chi connectivity index (χ3n) is 3.51. The topological polar surface area (TPSA) is 64.1 Å². The number of aryl methyl sites for hydroxylation is 1. The molecule has 1 amide bonds. The Hall–Kier alpha value is -2.99. The molecule has 0 radical (unpaired) electrons. The van der Waals surface area contributed by atoms with Crippen molar-refractivity contribution in [2.45, 2.75) is 6.92 Å². The molecular formula is C19H17N3O2S. The summed E-state index contributed by atoms with van der Waals surface area (Å²) in [6.07, 6.45) is 3.80. The molecule has 0 saturated carbocycles. The van der Waals surface area contributed by atoms with E-state index >= 15 is 0 Å². The average molecular weight is 351 g/mol. The van der Waals surface area contributed by atoms with Gasteiger partial charge in [0.05, 0.1) is 7.11 Å². The third-order valence-corrected chi connectivity index (χ3v) is 4.31. The quantitative estimate of drug-likeness (QED) is 0.745. The van der Waals surface area contributed by atoms with E-state index in [1.165, 1.54) is 11.3 Å². The lowest BCUT2D eigenvalue weighted by atomic mass is 10.1. The third kappa shape index (κ3) is 4.51. The maximum Gasteiger partial charge on any atom is 0.257 e. The number of benzene rings is 2. The Morgan fingerprint density at radius 1 is 1.04 bits per heavy atom. The Labute approximate surface area is 150 Å². The molecule has 2 aromatic carbocycles. The molecule has 0 spiro atoms. The zero-order chi connectivity index (χ0) is 17.6. The summed E-state index contributed by atoms with van der Waals surface area (Å²) < 4.78 is 5.13. The highest BCUT2D eigenvalue weighted by atomic mass is 32.1. The van der Waals surface area contributed by atoms with Crippen LogP contribution < -0.4 is 10.1 Å². The van der Waals surface area contributed by atoms with Crippen molar-refractivity contribution in [1.29, 1.82) is 0 Å². The minimum Gasteiger partial charge on any atom is -0.497 e. The van der Waals surface area contributed by atoms with Gasteiger partial charge in [-0.25, -0.2) is 0 Å². The first-order chi connectivity index (χ1) is 12.1. The molecule has 3 aromatic rings. The van der Waals surface area contributed by atoms with Crippen LogP contribution in [-0.4, -0.2) is 23.2 Å². The second-order valence-electron chi connectivity index (χ2n) is 5.37. The molecule has 0 aliphatic carbocycles. The molecule has 1 N–H and O–H groups in total. The second kappa shape index (κ2) is 7.72. The maximum absolute atomic E-state index is 12.2. The fourth-order valence-electron chi connectivity index (χ4n) is 2.11. The zero-order valence-electron chi connectivity index (χ0n) is 13.9. The van der Waals surface area contributed by atoms with E-state index in [0.29, 0.717) is 10.7 Å². The van der Waals surface area contributed by atoms with Crippen molar-refractivity contribution in [1.82, 2.24) is 10.2 Å². The van der Waals surface area contributed by atoms with Crippen LogP contribution >= 0.6 is 11.3 Å². The minimum atomic E-state index is -0.193. The van der Waals surface area contributed by atoms with E-state index in [0.717, 1.165) is 21.9 Å². The molecule has 0 fully saturated rings. The number of aromatic nitrogens is 2. The molecular weight excluding hydrogens is 334 g/mol. The summed E-state index contributed by atoms with van der Waals surface area (Å²) in [6.45, 7) is 1.98. The van der Waals surface area contributed by atoms with Gasteiger partial charge in [-0.3, -0.25) is 10.1 Å². The monoisotopic (exact) mass is 351 g/mol. The molecule has 0 saturated heterocycles. The summed E-state index contributed by atoms with van der Waals surface area (Å²) in [4.78, 5) is 12.2. The lowest BCUT2D eigenvalue weighted by Gasteiger charge is -2.01. The summed E-state index contributed by atoms with van der Waals surface area (Å²) in [5.74, 6) is 0.621. The van der Waals surface area contributed by atoms with E-state index in [1.54, 1.807) is 19.2 Å². The van der Waals surface area contributed by atoms with E-state index in [-0.39, 0.29) is 5.91 Å². The van der Waals surface area contributed by atoms with Gasteiger partial charge < -0.3 is 4.74 Å². The highest BCUT2D eigenvalue weighted by Crippen LogP contribution is 2.19. The number of carbonyl (C=O) groups excluding carboxylic acids is 1. The van der Waals surface area contributed by atoms with Gasteiger partial charge in [-0.05, 0) is 42.8 Å². The van der Waals surface area contributed by atoms with Gasteiger partial charge in [0.2, 0.25) is 5.13 Å². The molecule has 126 valence electrons. The van der Waals surface area contributed by atoms with E-state index in [9.17, 15) is 4.79 Å². The first-order valence-electron chi connectivity index (χ1n) is 7.68. The lowest BCUT2D eigenvalue weighted by molar-refractivity contribution is 0.102. The molecule has 5 nitrogen and oxygen atoms in total. The van der Waals surface area contributed by atoms with Gasteiger partial charge in [-0.15, -0.1) is 10.2 Å². The first kappa shape index (κ1) is 16.9. The van der Waals surface area contributed by atoms with Crippen molar-refractivity contribution in [3.63, 3.8) is 0 Å². The van der Waals surface area contributed by atoms with Gasteiger partial charge in [0.25, 0.3) is 5.91 Å².